The molecule has 0 aromatic carbocycles. The van der Waals surface area contributed by atoms with Gasteiger partial charge in [0.15, 0.2) is 0 Å². The second-order valence-electron chi connectivity index (χ2n) is 6.95. The van der Waals surface area contributed by atoms with E-state index >= 15 is 0 Å². The second-order valence-corrected chi connectivity index (χ2v) is 6.95. The summed E-state index contributed by atoms with van der Waals surface area (Å²) in [6, 6.07) is 3.82. The fraction of sp³-hybridized carbons (Fsp3) is 0.875. The molecule has 1 amide bonds. The molecule has 4 nitrogen and oxygen atoms in total. The average molecular weight is 275 g/mol. The highest BCUT2D eigenvalue weighted by atomic mass is 16.2. The summed E-state index contributed by atoms with van der Waals surface area (Å²) in [7, 11) is 2.22. The van der Waals surface area contributed by atoms with Crippen LogP contribution in [0.25, 0.3) is 0 Å². The first-order valence-corrected chi connectivity index (χ1v) is 8.09. The summed E-state index contributed by atoms with van der Waals surface area (Å²) in [4.78, 5) is 15.0. The van der Waals surface area contributed by atoms with Gasteiger partial charge in [-0.1, -0.05) is 19.3 Å². The lowest BCUT2D eigenvalue weighted by Crippen LogP contribution is -2.56. The van der Waals surface area contributed by atoms with Crippen molar-refractivity contribution < 1.29 is 4.79 Å². The summed E-state index contributed by atoms with van der Waals surface area (Å²) in [5, 5.41) is 12.6. The van der Waals surface area contributed by atoms with Crippen LogP contribution in [0.5, 0.6) is 0 Å². The predicted molar refractivity (Wildman–Crippen MR) is 76.9 cm³/mol. The Labute approximate surface area is 121 Å². The summed E-state index contributed by atoms with van der Waals surface area (Å²) in [6.07, 6.45) is 9.46. The molecular formula is C16H25N3O. The van der Waals surface area contributed by atoms with E-state index in [1.807, 2.05) is 0 Å². The van der Waals surface area contributed by atoms with Gasteiger partial charge in [0.05, 0.1) is 6.07 Å². The van der Waals surface area contributed by atoms with Crippen LogP contribution in [-0.4, -0.2) is 36.0 Å². The Morgan fingerprint density at radius 2 is 1.80 bits per heavy atom. The number of hydrogen-bond acceptors (Lipinski definition) is 3. The Kier molecular flexibility index (Phi) is 3.72. The minimum atomic E-state index is -0.724. The quantitative estimate of drug-likeness (QED) is 0.840. The first kappa shape index (κ1) is 13.9. The van der Waals surface area contributed by atoms with Gasteiger partial charge in [-0.3, -0.25) is 4.79 Å². The van der Waals surface area contributed by atoms with Gasteiger partial charge in [-0.05, 0) is 45.6 Å². The number of amides is 1. The van der Waals surface area contributed by atoms with E-state index < -0.39 is 5.41 Å². The minimum Gasteiger partial charge on any atom is -0.352 e. The number of nitriles is 1. The molecule has 3 aliphatic rings. The highest BCUT2D eigenvalue weighted by Crippen LogP contribution is 2.39. The molecule has 4 heteroatoms. The molecule has 2 saturated heterocycles. The van der Waals surface area contributed by atoms with Gasteiger partial charge in [0.2, 0.25) is 5.91 Å². The molecule has 1 N–H and O–H groups in total. The Morgan fingerprint density at radius 1 is 1.20 bits per heavy atom. The molecule has 0 aromatic heterocycles. The van der Waals surface area contributed by atoms with Crippen molar-refractivity contribution in [2.45, 2.75) is 75.9 Å². The van der Waals surface area contributed by atoms with Crippen LogP contribution in [0.2, 0.25) is 0 Å². The van der Waals surface area contributed by atoms with E-state index in [0.717, 1.165) is 38.5 Å². The lowest BCUT2D eigenvalue weighted by molar-refractivity contribution is -0.129. The van der Waals surface area contributed by atoms with Crippen LogP contribution in [0.4, 0.5) is 0 Å². The summed E-state index contributed by atoms with van der Waals surface area (Å²) >= 11 is 0. The van der Waals surface area contributed by atoms with Gasteiger partial charge in [0.25, 0.3) is 0 Å². The molecule has 1 saturated carbocycles. The van der Waals surface area contributed by atoms with Crippen LogP contribution in [0.15, 0.2) is 0 Å². The zero-order valence-electron chi connectivity index (χ0n) is 12.4. The second kappa shape index (κ2) is 5.37. The third-order valence-electron chi connectivity index (χ3n) is 5.78. The van der Waals surface area contributed by atoms with Crippen LogP contribution in [-0.2, 0) is 4.79 Å². The number of hydrogen-bond donors (Lipinski definition) is 1. The normalized spacial score (nSPS) is 36.3. The number of rotatable bonds is 2. The fourth-order valence-corrected chi connectivity index (χ4v) is 4.43. The maximum Gasteiger partial charge on any atom is 0.240 e. The molecular weight excluding hydrogens is 250 g/mol. The number of carbonyl (C=O) groups excluding carboxylic acids is 1. The smallest absolute Gasteiger partial charge is 0.240 e. The number of fused-ring (bicyclic) bond motifs is 2. The molecule has 3 rings (SSSR count). The van der Waals surface area contributed by atoms with E-state index in [2.05, 4.69) is 23.3 Å². The predicted octanol–water partition coefficient (Wildman–Crippen LogP) is 2.20. The topological polar surface area (TPSA) is 56.1 Å². The van der Waals surface area contributed by atoms with Crippen LogP contribution < -0.4 is 5.32 Å². The van der Waals surface area contributed by atoms with Gasteiger partial charge in [-0.25, -0.2) is 0 Å². The Morgan fingerprint density at radius 3 is 2.35 bits per heavy atom. The molecule has 0 spiro atoms. The molecule has 20 heavy (non-hydrogen) atoms. The summed E-state index contributed by atoms with van der Waals surface area (Å²) in [6.45, 7) is 0. The number of nitrogens with one attached hydrogen (secondary N) is 1. The van der Waals surface area contributed by atoms with Crippen LogP contribution in [0.1, 0.15) is 57.8 Å². The van der Waals surface area contributed by atoms with Crippen LogP contribution in [0.3, 0.4) is 0 Å². The van der Waals surface area contributed by atoms with Gasteiger partial charge in [0.1, 0.15) is 5.41 Å². The average Bonchev–Trinajstić information content (AvgIpc) is 2.90. The van der Waals surface area contributed by atoms with Gasteiger partial charge in [-0.2, -0.15) is 5.26 Å². The number of carbonyl (C=O) groups is 1. The lowest BCUT2D eigenvalue weighted by atomic mass is 9.81. The highest BCUT2D eigenvalue weighted by Gasteiger charge is 2.44. The number of nitrogens with zero attached hydrogens (tertiary/aromatic N) is 2. The first-order valence-electron chi connectivity index (χ1n) is 8.09. The third-order valence-corrected chi connectivity index (χ3v) is 5.78. The lowest BCUT2D eigenvalue weighted by Gasteiger charge is -2.47. The van der Waals surface area contributed by atoms with Gasteiger partial charge in [-0.15, -0.1) is 0 Å². The molecule has 3 fully saturated rings. The molecule has 2 heterocycles. The maximum atomic E-state index is 12.5. The Hall–Kier alpha value is -1.08. The maximum absolute atomic E-state index is 12.5. The van der Waals surface area contributed by atoms with Crippen molar-refractivity contribution in [3.63, 3.8) is 0 Å². The zero-order chi connectivity index (χ0) is 14.2. The third kappa shape index (κ3) is 2.33. The molecule has 2 unspecified atom stereocenters. The van der Waals surface area contributed by atoms with Gasteiger partial charge >= 0.3 is 0 Å². The van der Waals surface area contributed by atoms with E-state index in [9.17, 15) is 10.1 Å². The van der Waals surface area contributed by atoms with Crippen LogP contribution in [0, 0.1) is 16.7 Å². The largest absolute Gasteiger partial charge is 0.352 e. The molecule has 2 atom stereocenters. The monoisotopic (exact) mass is 275 g/mol. The van der Waals surface area contributed by atoms with E-state index in [1.54, 1.807) is 0 Å². The molecule has 110 valence electrons. The van der Waals surface area contributed by atoms with E-state index in [1.165, 1.54) is 19.3 Å². The molecule has 0 radical (unpaired) electrons. The highest BCUT2D eigenvalue weighted by molar-refractivity contribution is 5.86. The van der Waals surface area contributed by atoms with E-state index in [0.29, 0.717) is 12.1 Å². The van der Waals surface area contributed by atoms with E-state index in [-0.39, 0.29) is 11.9 Å². The van der Waals surface area contributed by atoms with Crippen LogP contribution >= 0.6 is 0 Å². The van der Waals surface area contributed by atoms with E-state index in [4.69, 9.17) is 0 Å². The molecule has 1 aliphatic carbocycles. The van der Waals surface area contributed by atoms with Gasteiger partial charge in [0, 0.05) is 18.1 Å². The van der Waals surface area contributed by atoms with Crippen molar-refractivity contribution >= 4 is 5.91 Å². The minimum absolute atomic E-state index is 0.00475. The van der Waals surface area contributed by atoms with Crippen molar-refractivity contribution in [2.75, 3.05) is 7.05 Å². The summed E-state index contributed by atoms with van der Waals surface area (Å²) in [5.41, 5.74) is -0.724. The van der Waals surface area contributed by atoms with Crippen molar-refractivity contribution in [2.24, 2.45) is 5.41 Å². The number of piperidine rings is 2. The van der Waals surface area contributed by atoms with Crippen molar-refractivity contribution in [1.82, 2.24) is 10.2 Å². The SMILES string of the molecule is CN1C2CCCC1CC(NC(=O)C1(C#N)CCCC1)C2. The zero-order valence-corrected chi connectivity index (χ0v) is 12.4. The Balaban J connectivity index is 1.64. The summed E-state index contributed by atoms with van der Waals surface area (Å²) in [5.74, 6) is 0.00475. The molecule has 0 aromatic rings. The summed E-state index contributed by atoms with van der Waals surface area (Å²) < 4.78 is 0. The standard InChI is InChI=1S/C16H25N3O/c1-19-13-5-4-6-14(19)10-12(9-13)18-15(20)16(11-17)7-2-3-8-16/h12-14H,2-10H2,1H3,(H,18,20). The molecule has 2 aliphatic heterocycles. The first-order chi connectivity index (χ1) is 9.64. The van der Waals surface area contributed by atoms with Crippen molar-refractivity contribution in [3.8, 4) is 6.07 Å². The van der Waals surface area contributed by atoms with Crippen molar-refractivity contribution in [1.29, 1.82) is 5.26 Å². The van der Waals surface area contributed by atoms with Gasteiger partial charge < -0.3 is 10.2 Å². The molecule has 2 bridgehead atoms. The Bertz CT molecular complexity index is 408. The fourth-order valence-electron chi connectivity index (χ4n) is 4.43. The van der Waals surface area contributed by atoms with Crippen molar-refractivity contribution in [3.05, 3.63) is 0 Å².